The zero-order chi connectivity index (χ0) is 12.1. The van der Waals surface area contributed by atoms with Crippen molar-refractivity contribution in [1.29, 1.82) is 0 Å². The van der Waals surface area contributed by atoms with Crippen molar-refractivity contribution in [3.63, 3.8) is 0 Å². The highest BCUT2D eigenvalue weighted by molar-refractivity contribution is 4.50. The van der Waals surface area contributed by atoms with Gasteiger partial charge in [-0.1, -0.05) is 0 Å². The second kappa shape index (κ2) is 12.9. The molecule has 0 saturated carbocycles. The maximum Gasteiger partial charge on any atom is 0.0590 e. The molecule has 0 aromatic rings. The molecule has 0 fully saturated rings. The van der Waals surface area contributed by atoms with E-state index in [0.29, 0.717) is 0 Å². The number of rotatable bonds is 12. The van der Waals surface area contributed by atoms with Crippen molar-refractivity contribution < 1.29 is 9.47 Å². The van der Waals surface area contributed by atoms with Crippen molar-refractivity contribution in [2.24, 2.45) is 0 Å². The van der Waals surface area contributed by atoms with Gasteiger partial charge in [0.15, 0.2) is 0 Å². The molecule has 0 aliphatic heterocycles. The molecule has 4 nitrogen and oxygen atoms in total. The lowest BCUT2D eigenvalue weighted by Gasteiger charge is -2.09. The van der Waals surface area contributed by atoms with Gasteiger partial charge in [-0.25, -0.2) is 0 Å². The fourth-order valence-corrected chi connectivity index (χ4v) is 1.35. The Labute approximate surface area is 100 Å². The van der Waals surface area contributed by atoms with Gasteiger partial charge in [-0.3, -0.25) is 0 Å². The number of hydrogen-bond acceptors (Lipinski definition) is 4. The van der Waals surface area contributed by atoms with E-state index in [0.717, 1.165) is 39.3 Å². The third kappa shape index (κ3) is 13.8. The number of unbranched alkanes of at least 4 members (excludes halogenated alkanes) is 1. The zero-order valence-electron chi connectivity index (χ0n) is 11.1. The molecule has 0 aliphatic rings. The largest absolute Gasteiger partial charge is 0.385 e. The normalized spacial score (nSPS) is 11.2. The summed E-state index contributed by atoms with van der Waals surface area (Å²) in [6.45, 7) is 5.62. The first-order valence-electron chi connectivity index (χ1n) is 6.19. The van der Waals surface area contributed by atoms with Crippen LogP contribution in [0.15, 0.2) is 0 Å². The first-order valence-corrected chi connectivity index (χ1v) is 6.19. The van der Waals surface area contributed by atoms with Crippen molar-refractivity contribution >= 4 is 0 Å². The van der Waals surface area contributed by atoms with Crippen LogP contribution in [0.4, 0.5) is 0 Å². The van der Waals surface area contributed by atoms with Crippen LogP contribution < -0.4 is 5.32 Å². The van der Waals surface area contributed by atoms with E-state index in [9.17, 15) is 0 Å². The summed E-state index contributed by atoms with van der Waals surface area (Å²) < 4.78 is 10.4. The maximum atomic E-state index is 5.43. The lowest BCUT2D eigenvalue weighted by atomic mass is 10.3. The Kier molecular flexibility index (Phi) is 12.8. The molecule has 0 aromatic heterocycles. The summed E-state index contributed by atoms with van der Waals surface area (Å²) in [5.74, 6) is 0. The first-order chi connectivity index (χ1) is 7.77. The second-order valence-corrected chi connectivity index (χ2v) is 4.22. The highest BCUT2D eigenvalue weighted by atomic mass is 16.5. The van der Waals surface area contributed by atoms with Gasteiger partial charge in [-0.15, -0.1) is 0 Å². The van der Waals surface area contributed by atoms with E-state index < -0.39 is 0 Å². The van der Waals surface area contributed by atoms with Crippen LogP contribution in [0.2, 0.25) is 0 Å². The summed E-state index contributed by atoms with van der Waals surface area (Å²) >= 11 is 0. The van der Waals surface area contributed by atoms with Crippen LogP contribution in [0.25, 0.3) is 0 Å². The monoisotopic (exact) mass is 232 g/mol. The van der Waals surface area contributed by atoms with Crippen molar-refractivity contribution in [2.45, 2.75) is 19.3 Å². The minimum absolute atomic E-state index is 0.790. The molecule has 0 heterocycles. The average Bonchev–Trinajstić information content (AvgIpc) is 2.25. The highest BCUT2D eigenvalue weighted by Crippen LogP contribution is 1.88. The van der Waals surface area contributed by atoms with E-state index >= 15 is 0 Å². The molecule has 1 N–H and O–H groups in total. The summed E-state index contributed by atoms with van der Waals surface area (Å²) in [6, 6.07) is 0. The van der Waals surface area contributed by atoms with Crippen molar-refractivity contribution in [2.75, 3.05) is 60.7 Å². The molecule has 0 bridgehead atoms. The minimum atomic E-state index is 0.790. The Hall–Kier alpha value is -0.160. The Morgan fingerprint density at radius 2 is 1.75 bits per heavy atom. The molecule has 0 radical (unpaired) electrons. The van der Waals surface area contributed by atoms with Crippen LogP contribution in [0.5, 0.6) is 0 Å². The quantitative estimate of drug-likeness (QED) is 0.508. The SMILES string of the molecule is COCCCOCCNCCCCN(C)C. The average molecular weight is 232 g/mol. The molecule has 0 unspecified atom stereocenters. The maximum absolute atomic E-state index is 5.43. The first kappa shape index (κ1) is 15.8. The van der Waals surface area contributed by atoms with Gasteiger partial charge in [0.1, 0.15) is 0 Å². The number of methoxy groups -OCH3 is 1. The van der Waals surface area contributed by atoms with Gasteiger partial charge in [0.25, 0.3) is 0 Å². The highest BCUT2D eigenvalue weighted by Gasteiger charge is 1.92. The topological polar surface area (TPSA) is 33.7 Å². The summed E-state index contributed by atoms with van der Waals surface area (Å²) in [4.78, 5) is 2.22. The molecule has 0 aromatic carbocycles. The molecule has 4 heteroatoms. The third-order valence-corrected chi connectivity index (χ3v) is 2.27. The van der Waals surface area contributed by atoms with Gasteiger partial charge in [0.05, 0.1) is 6.61 Å². The van der Waals surface area contributed by atoms with E-state index in [-0.39, 0.29) is 0 Å². The smallest absolute Gasteiger partial charge is 0.0590 e. The van der Waals surface area contributed by atoms with E-state index in [1.807, 2.05) is 0 Å². The third-order valence-electron chi connectivity index (χ3n) is 2.27. The minimum Gasteiger partial charge on any atom is -0.385 e. The van der Waals surface area contributed by atoms with E-state index in [1.54, 1.807) is 7.11 Å². The molecule has 0 spiro atoms. The number of nitrogens with one attached hydrogen (secondary N) is 1. The predicted molar refractivity (Wildman–Crippen MR) is 68.0 cm³/mol. The van der Waals surface area contributed by atoms with Gasteiger partial charge < -0.3 is 19.7 Å². The molecule has 0 saturated heterocycles. The Balaban J connectivity index is 2.88. The molecular formula is C12H28N2O2. The van der Waals surface area contributed by atoms with Crippen LogP contribution in [0.1, 0.15) is 19.3 Å². The molecule has 16 heavy (non-hydrogen) atoms. The van der Waals surface area contributed by atoms with Crippen LogP contribution in [0, 0.1) is 0 Å². The van der Waals surface area contributed by atoms with Crippen LogP contribution in [-0.4, -0.2) is 65.6 Å². The Morgan fingerprint density at radius 1 is 0.938 bits per heavy atom. The second-order valence-electron chi connectivity index (χ2n) is 4.22. The van der Waals surface area contributed by atoms with Crippen molar-refractivity contribution in [1.82, 2.24) is 10.2 Å². The fraction of sp³-hybridized carbons (Fsp3) is 1.00. The van der Waals surface area contributed by atoms with Gasteiger partial charge in [0.2, 0.25) is 0 Å². The Morgan fingerprint density at radius 3 is 2.44 bits per heavy atom. The van der Waals surface area contributed by atoms with Gasteiger partial charge in [-0.2, -0.15) is 0 Å². The van der Waals surface area contributed by atoms with Crippen molar-refractivity contribution in [3.8, 4) is 0 Å². The molecular weight excluding hydrogens is 204 g/mol. The van der Waals surface area contributed by atoms with E-state index in [2.05, 4.69) is 24.3 Å². The number of ether oxygens (including phenoxy) is 2. The predicted octanol–water partition coefficient (Wildman–Crippen LogP) is 0.971. The molecule has 0 aliphatic carbocycles. The molecule has 0 amide bonds. The zero-order valence-corrected chi connectivity index (χ0v) is 11.1. The summed E-state index contributed by atoms with van der Waals surface area (Å²) in [7, 11) is 5.94. The summed E-state index contributed by atoms with van der Waals surface area (Å²) in [5.41, 5.74) is 0. The number of hydrogen-bond donors (Lipinski definition) is 1. The van der Waals surface area contributed by atoms with Crippen LogP contribution >= 0.6 is 0 Å². The van der Waals surface area contributed by atoms with Gasteiger partial charge >= 0.3 is 0 Å². The van der Waals surface area contributed by atoms with E-state index in [1.165, 1.54) is 19.4 Å². The number of nitrogens with zero attached hydrogens (tertiary/aromatic N) is 1. The standard InChI is InChI=1S/C12H28N2O2/c1-14(2)9-5-4-7-13-8-12-16-11-6-10-15-3/h13H,4-12H2,1-3H3. The van der Waals surface area contributed by atoms with Gasteiger partial charge in [-0.05, 0) is 46.4 Å². The lowest BCUT2D eigenvalue weighted by Crippen LogP contribution is -2.22. The summed E-state index contributed by atoms with van der Waals surface area (Å²) in [6.07, 6.45) is 3.48. The van der Waals surface area contributed by atoms with E-state index in [4.69, 9.17) is 9.47 Å². The van der Waals surface area contributed by atoms with Crippen LogP contribution in [-0.2, 0) is 9.47 Å². The van der Waals surface area contributed by atoms with Gasteiger partial charge in [0, 0.05) is 26.9 Å². The molecule has 0 atom stereocenters. The fourth-order valence-electron chi connectivity index (χ4n) is 1.35. The summed E-state index contributed by atoms with van der Waals surface area (Å²) in [5, 5.41) is 3.38. The van der Waals surface area contributed by atoms with Crippen LogP contribution in [0.3, 0.4) is 0 Å². The molecule has 0 rings (SSSR count). The lowest BCUT2D eigenvalue weighted by molar-refractivity contribution is 0.104. The van der Waals surface area contributed by atoms with Crippen molar-refractivity contribution in [3.05, 3.63) is 0 Å². The molecule has 98 valence electrons. The Bertz CT molecular complexity index is 132.